The number of rotatable bonds is 11. The Kier molecular flexibility index (Phi) is 11.1. The maximum atomic E-state index is 10.6. The molecule has 2 heteroatoms. The van der Waals surface area contributed by atoms with Crippen LogP contribution in [0.2, 0.25) is 0 Å². The van der Waals surface area contributed by atoms with Crippen molar-refractivity contribution in [3.8, 4) is 0 Å². The number of hydrogen-bond donors (Lipinski definition) is 0. The fourth-order valence-corrected chi connectivity index (χ4v) is 2.08. The minimum Gasteiger partial charge on any atom is -0.303 e. The molecule has 108 valence electrons. The zero-order chi connectivity index (χ0) is 14.5. The molecule has 0 aromatic heterocycles. The van der Waals surface area contributed by atoms with E-state index in [1.807, 2.05) is 0 Å². The molecule has 2 nitrogen and oxygen atoms in total. The van der Waals surface area contributed by atoms with Crippen molar-refractivity contribution in [3.63, 3.8) is 0 Å². The third-order valence-electron chi connectivity index (χ3n) is 3.28. The monoisotopic (exact) mass is 264 g/mol. The Bertz CT molecular complexity index is 309. The molecule has 0 aliphatic carbocycles. The summed E-state index contributed by atoms with van der Waals surface area (Å²) >= 11 is 0. The summed E-state index contributed by atoms with van der Waals surface area (Å²) in [5.74, 6) is 0.365. The number of hydrogen-bond acceptors (Lipinski definition) is 2. The Morgan fingerprint density at radius 3 is 2.16 bits per heavy atom. The maximum Gasteiger partial charge on any atom is 0.120 e. The first-order chi connectivity index (χ1) is 9.10. The van der Waals surface area contributed by atoms with Gasteiger partial charge >= 0.3 is 0 Å². The van der Waals surface area contributed by atoms with Crippen LogP contribution in [-0.2, 0) is 9.59 Å². The molecular weight excluding hydrogens is 236 g/mol. The summed E-state index contributed by atoms with van der Waals surface area (Å²) in [5.41, 5.74) is 2.78. The molecule has 0 radical (unpaired) electrons. The highest BCUT2D eigenvalue weighted by molar-refractivity contribution is 5.51. The van der Waals surface area contributed by atoms with Crippen molar-refractivity contribution < 1.29 is 9.59 Å². The highest BCUT2D eigenvalue weighted by Gasteiger charge is 2.06. The SMILES string of the molecule is CC(C)=CCC/C(C)=C/CCC(CC=O)CCC=O. The average molecular weight is 264 g/mol. The summed E-state index contributed by atoms with van der Waals surface area (Å²) in [6.07, 6.45) is 12.7. The van der Waals surface area contributed by atoms with Gasteiger partial charge in [0.05, 0.1) is 0 Å². The largest absolute Gasteiger partial charge is 0.303 e. The lowest BCUT2D eigenvalue weighted by Gasteiger charge is -2.11. The quantitative estimate of drug-likeness (QED) is 0.402. The fraction of sp³-hybridized carbons (Fsp3) is 0.647. The van der Waals surface area contributed by atoms with Crippen molar-refractivity contribution in [1.82, 2.24) is 0 Å². The number of aldehydes is 2. The van der Waals surface area contributed by atoms with Gasteiger partial charge in [-0.1, -0.05) is 23.3 Å². The number of allylic oxidation sites excluding steroid dienone is 4. The van der Waals surface area contributed by atoms with E-state index < -0.39 is 0 Å². The van der Waals surface area contributed by atoms with Gasteiger partial charge < -0.3 is 9.59 Å². The molecule has 0 aliphatic rings. The number of carbonyl (C=O) groups excluding carboxylic acids is 2. The van der Waals surface area contributed by atoms with Crippen LogP contribution >= 0.6 is 0 Å². The van der Waals surface area contributed by atoms with Gasteiger partial charge in [0.25, 0.3) is 0 Å². The molecular formula is C17H28O2. The van der Waals surface area contributed by atoms with E-state index in [0.29, 0.717) is 18.8 Å². The lowest BCUT2D eigenvalue weighted by atomic mass is 9.94. The van der Waals surface area contributed by atoms with Crippen LogP contribution in [-0.4, -0.2) is 12.6 Å². The summed E-state index contributed by atoms with van der Waals surface area (Å²) < 4.78 is 0. The smallest absolute Gasteiger partial charge is 0.120 e. The Morgan fingerprint density at radius 2 is 1.58 bits per heavy atom. The van der Waals surface area contributed by atoms with E-state index >= 15 is 0 Å². The van der Waals surface area contributed by atoms with Crippen molar-refractivity contribution in [2.75, 3.05) is 0 Å². The van der Waals surface area contributed by atoms with Gasteiger partial charge in [-0.25, -0.2) is 0 Å². The highest BCUT2D eigenvalue weighted by Crippen LogP contribution is 2.18. The first-order valence-electron chi connectivity index (χ1n) is 7.26. The summed E-state index contributed by atoms with van der Waals surface area (Å²) in [6.45, 7) is 6.41. The molecule has 0 aliphatic heterocycles. The lowest BCUT2D eigenvalue weighted by Crippen LogP contribution is -2.01. The molecule has 0 bridgehead atoms. The summed E-state index contributed by atoms with van der Waals surface area (Å²) in [5, 5.41) is 0. The summed E-state index contributed by atoms with van der Waals surface area (Å²) in [6, 6.07) is 0. The Hall–Kier alpha value is -1.18. The highest BCUT2D eigenvalue weighted by atomic mass is 16.1. The molecule has 0 heterocycles. The van der Waals surface area contributed by atoms with Crippen molar-refractivity contribution >= 4 is 12.6 Å². The molecule has 0 rings (SSSR count). The van der Waals surface area contributed by atoms with Gasteiger partial charge in [-0.3, -0.25) is 0 Å². The van der Waals surface area contributed by atoms with Gasteiger partial charge in [0, 0.05) is 12.8 Å². The fourth-order valence-electron chi connectivity index (χ4n) is 2.08. The molecule has 19 heavy (non-hydrogen) atoms. The lowest BCUT2D eigenvalue weighted by molar-refractivity contribution is -0.110. The Morgan fingerprint density at radius 1 is 0.895 bits per heavy atom. The minimum atomic E-state index is 0.365. The predicted octanol–water partition coefficient (Wildman–Crippen LogP) is 4.64. The molecule has 0 fully saturated rings. The van der Waals surface area contributed by atoms with E-state index in [1.165, 1.54) is 11.1 Å². The van der Waals surface area contributed by atoms with Gasteiger partial charge in [-0.15, -0.1) is 0 Å². The molecule has 0 aromatic rings. The third-order valence-corrected chi connectivity index (χ3v) is 3.28. The van der Waals surface area contributed by atoms with E-state index in [0.717, 1.165) is 44.7 Å². The first kappa shape index (κ1) is 17.8. The number of carbonyl (C=O) groups is 2. The van der Waals surface area contributed by atoms with Crippen LogP contribution in [0.4, 0.5) is 0 Å². The van der Waals surface area contributed by atoms with Crippen molar-refractivity contribution in [2.45, 2.75) is 65.7 Å². The molecule has 0 aromatic carbocycles. The van der Waals surface area contributed by atoms with Crippen LogP contribution in [0.5, 0.6) is 0 Å². The summed E-state index contributed by atoms with van der Waals surface area (Å²) in [4.78, 5) is 20.9. The molecule has 0 amide bonds. The maximum absolute atomic E-state index is 10.6. The second kappa shape index (κ2) is 11.9. The zero-order valence-corrected chi connectivity index (χ0v) is 12.7. The molecule has 0 spiro atoms. The van der Waals surface area contributed by atoms with E-state index in [-0.39, 0.29) is 0 Å². The predicted molar refractivity (Wildman–Crippen MR) is 81.1 cm³/mol. The second-order valence-corrected chi connectivity index (χ2v) is 5.46. The van der Waals surface area contributed by atoms with Crippen LogP contribution in [0.15, 0.2) is 23.3 Å². The van der Waals surface area contributed by atoms with Crippen LogP contribution in [0.1, 0.15) is 65.7 Å². The van der Waals surface area contributed by atoms with Gasteiger partial charge in [0.2, 0.25) is 0 Å². The van der Waals surface area contributed by atoms with E-state index in [4.69, 9.17) is 0 Å². The van der Waals surface area contributed by atoms with Gasteiger partial charge in [0.1, 0.15) is 12.6 Å². The van der Waals surface area contributed by atoms with E-state index in [2.05, 4.69) is 32.9 Å². The van der Waals surface area contributed by atoms with Crippen LogP contribution in [0, 0.1) is 5.92 Å². The molecule has 1 atom stereocenters. The molecule has 0 saturated carbocycles. The molecule has 0 N–H and O–H groups in total. The van der Waals surface area contributed by atoms with Crippen LogP contribution in [0.3, 0.4) is 0 Å². The van der Waals surface area contributed by atoms with Crippen LogP contribution < -0.4 is 0 Å². The van der Waals surface area contributed by atoms with Gasteiger partial charge in [-0.2, -0.15) is 0 Å². The second-order valence-electron chi connectivity index (χ2n) is 5.46. The Labute approximate surface area is 118 Å². The molecule has 1 unspecified atom stereocenters. The van der Waals surface area contributed by atoms with Crippen molar-refractivity contribution in [3.05, 3.63) is 23.3 Å². The standard InChI is InChI=1S/C17H28O2/c1-15(2)7-4-8-16(3)9-5-10-17(12-14-19)11-6-13-18/h7,9,13-14,17H,4-6,8,10-12H2,1-3H3/b16-9+. The Balaban J connectivity index is 3.96. The van der Waals surface area contributed by atoms with E-state index in [1.54, 1.807) is 0 Å². The first-order valence-corrected chi connectivity index (χ1v) is 7.26. The van der Waals surface area contributed by atoms with Crippen molar-refractivity contribution in [1.29, 1.82) is 0 Å². The molecule has 0 saturated heterocycles. The third kappa shape index (κ3) is 11.6. The minimum absolute atomic E-state index is 0.365. The zero-order valence-electron chi connectivity index (χ0n) is 12.7. The van der Waals surface area contributed by atoms with E-state index in [9.17, 15) is 9.59 Å². The summed E-state index contributed by atoms with van der Waals surface area (Å²) in [7, 11) is 0. The van der Waals surface area contributed by atoms with Gasteiger partial charge in [0.15, 0.2) is 0 Å². The topological polar surface area (TPSA) is 34.1 Å². The van der Waals surface area contributed by atoms with Crippen molar-refractivity contribution in [2.24, 2.45) is 5.92 Å². The normalized spacial score (nSPS) is 12.9. The van der Waals surface area contributed by atoms with Gasteiger partial charge in [-0.05, 0) is 58.8 Å². The van der Waals surface area contributed by atoms with Crippen LogP contribution in [0.25, 0.3) is 0 Å². The average Bonchev–Trinajstić information content (AvgIpc) is 2.35.